The molecule has 1 aromatic carbocycles. The molecular weight excluding hydrogens is 550 g/mol. The lowest BCUT2D eigenvalue weighted by molar-refractivity contribution is -0.123. The Kier molecular flexibility index (Phi) is 7.31. The molecule has 5 N–H and O–H groups in total. The van der Waals surface area contributed by atoms with E-state index in [2.05, 4.69) is 58.3 Å². The second-order valence-corrected chi connectivity index (χ2v) is 9.82. The first-order valence-electron chi connectivity index (χ1n) is 11.1. The number of primary amides is 1. The first kappa shape index (κ1) is 24.3. The van der Waals surface area contributed by atoms with E-state index in [4.69, 9.17) is 5.73 Å². The van der Waals surface area contributed by atoms with E-state index in [1.807, 2.05) is 26.8 Å². The summed E-state index contributed by atoms with van der Waals surface area (Å²) in [4.78, 5) is 22.3. The van der Waals surface area contributed by atoms with Crippen LogP contribution in [0.5, 0.6) is 0 Å². The minimum Gasteiger partial charge on any atom is -0.368 e. The smallest absolute Gasteiger partial charge is 0.234 e. The third kappa shape index (κ3) is 5.46. The number of carbonyl (C=O) groups is 1. The zero-order valence-corrected chi connectivity index (χ0v) is 21.5. The van der Waals surface area contributed by atoms with E-state index in [-0.39, 0.29) is 29.6 Å². The highest BCUT2D eigenvalue weighted by Crippen LogP contribution is 2.34. The molecule has 34 heavy (non-hydrogen) atoms. The molecule has 1 atom stereocenters. The molecule has 180 valence electrons. The van der Waals surface area contributed by atoms with E-state index in [1.54, 1.807) is 18.3 Å². The first-order chi connectivity index (χ1) is 16.2. The lowest BCUT2D eigenvalue weighted by Crippen LogP contribution is -2.46. The van der Waals surface area contributed by atoms with Crippen molar-refractivity contribution in [3.05, 3.63) is 50.6 Å². The van der Waals surface area contributed by atoms with Gasteiger partial charge >= 0.3 is 0 Å². The molecule has 9 nitrogen and oxygen atoms in total. The van der Waals surface area contributed by atoms with Gasteiger partial charge in [-0.1, -0.05) is 0 Å². The molecule has 3 heterocycles. The predicted octanol–water partition coefficient (Wildman–Crippen LogP) is 4.10. The van der Waals surface area contributed by atoms with Gasteiger partial charge in [-0.25, -0.2) is 9.37 Å². The van der Waals surface area contributed by atoms with Crippen molar-refractivity contribution in [1.82, 2.24) is 25.1 Å². The molecule has 11 heteroatoms. The van der Waals surface area contributed by atoms with E-state index in [0.717, 1.165) is 46.3 Å². The average molecular weight is 578 g/mol. The van der Waals surface area contributed by atoms with Crippen LogP contribution >= 0.6 is 22.6 Å². The number of likely N-dealkylation sites (tertiary alicyclic amines) is 1. The number of amides is 1. The van der Waals surface area contributed by atoms with Crippen LogP contribution in [0.25, 0.3) is 0 Å². The number of aryl methyl sites for hydroxylation is 2. The lowest BCUT2D eigenvalue weighted by atomic mass is 9.86. The number of H-pyrrole nitrogens is 1. The molecule has 0 saturated carbocycles. The van der Waals surface area contributed by atoms with Gasteiger partial charge in [-0.15, -0.1) is 0 Å². The van der Waals surface area contributed by atoms with Crippen LogP contribution in [0.15, 0.2) is 24.4 Å². The zero-order chi connectivity index (χ0) is 24.4. The molecule has 0 spiro atoms. The van der Waals surface area contributed by atoms with Crippen LogP contribution in [0, 0.1) is 23.2 Å². The number of anilines is 4. The number of aromatic nitrogens is 4. The summed E-state index contributed by atoms with van der Waals surface area (Å²) >= 11 is 2.14. The third-order valence-electron chi connectivity index (χ3n) is 6.23. The maximum absolute atomic E-state index is 15.1. The fourth-order valence-electron chi connectivity index (χ4n) is 4.25. The summed E-state index contributed by atoms with van der Waals surface area (Å²) in [7, 11) is 0. The minimum atomic E-state index is -0.354. The number of hydrogen-bond donors (Lipinski definition) is 4. The monoisotopic (exact) mass is 578 g/mol. The number of carbonyl (C=O) groups excluding carboxylic acids is 1. The molecule has 2 aromatic heterocycles. The van der Waals surface area contributed by atoms with Gasteiger partial charge in [-0.3, -0.25) is 14.8 Å². The molecule has 1 amide bonds. The molecule has 0 radical (unpaired) electrons. The van der Waals surface area contributed by atoms with Crippen molar-refractivity contribution < 1.29 is 9.18 Å². The fraction of sp³-hybridized carbons (Fsp3) is 0.391. The number of nitrogens with one attached hydrogen (secondary N) is 3. The summed E-state index contributed by atoms with van der Waals surface area (Å²) < 4.78 is 15.9. The number of benzene rings is 1. The average Bonchev–Trinajstić information content (AvgIpc) is 3.22. The van der Waals surface area contributed by atoms with Gasteiger partial charge in [0.15, 0.2) is 11.6 Å². The molecule has 1 fully saturated rings. The zero-order valence-electron chi connectivity index (χ0n) is 19.3. The van der Waals surface area contributed by atoms with Gasteiger partial charge in [0.2, 0.25) is 11.9 Å². The highest BCUT2D eigenvalue weighted by molar-refractivity contribution is 14.1. The number of piperidine rings is 1. The maximum atomic E-state index is 15.1. The number of hydrogen-bond acceptors (Lipinski definition) is 7. The Bertz CT molecular complexity index is 1190. The third-order valence-corrected chi connectivity index (χ3v) is 7.02. The van der Waals surface area contributed by atoms with Crippen LogP contribution in [0.2, 0.25) is 0 Å². The van der Waals surface area contributed by atoms with Gasteiger partial charge in [0.1, 0.15) is 5.82 Å². The summed E-state index contributed by atoms with van der Waals surface area (Å²) in [5.41, 5.74) is 8.68. The normalized spacial score (nSPS) is 15.8. The maximum Gasteiger partial charge on any atom is 0.234 e. The quantitative estimate of drug-likeness (QED) is 0.311. The fourth-order valence-corrected chi connectivity index (χ4v) is 4.64. The Morgan fingerprint density at radius 3 is 2.65 bits per heavy atom. The summed E-state index contributed by atoms with van der Waals surface area (Å²) in [6.45, 7) is 7.25. The number of rotatable bonds is 7. The van der Waals surface area contributed by atoms with E-state index in [0.29, 0.717) is 17.3 Å². The molecule has 1 aliphatic rings. The van der Waals surface area contributed by atoms with Gasteiger partial charge in [0.25, 0.3) is 0 Å². The van der Waals surface area contributed by atoms with Crippen molar-refractivity contribution in [2.45, 2.75) is 45.6 Å². The summed E-state index contributed by atoms with van der Waals surface area (Å²) in [6.07, 6.45) is 3.37. The van der Waals surface area contributed by atoms with Crippen LogP contribution in [0.4, 0.5) is 27.7 Å². The van der Waals surface area contributed by atoms with Crippen molar-refractivity contribution in [3.63, 3.8) is 0 Å². The van der Waals surface area contributed by atoms with Crippen LogP contribution in [-0.4, -0.2) is 50.1 Å². The molecule has 0 unspecified atom stereocenters. The van der Waals surface area contributed by atoms with Crippen LogP contribution in [-0.2, 0) is 4.79 Å². The molecule has 0 bridgehead atoms. The largest absolute Gasteiger partial charge is 0.368 e. The van der Waals surface area contributed by atoms with Gasteiger partial charge in [-0.05, 0) is 98.5 Å². The summed E-state index contributed by atoms with van der Waals surface area (Å²) in [5.74, 6) is 1.08. The van der Waals surface area contributed by atoms with E-state index >= 15 is 4.39 Å². The standard InChI is InChI=1S/C23H28FIN8O/c1-12-8-19(17(24)10-16(12)15-4-6-33(7-5-15)14(3)21(26)34)28-23-27-11-18(25)22(30-23)29-20-9-13(2)31-32-20/h8-11,14-15H,4-7H2,1-3H3,(H2,26,34)(H3,27,28,29,30,31,32)/t14-/m1/s1. The molecule has 1 aliphatic heterocycles. The first-order valence-corrected chi connectivity index (χ1v) is 12.2. The van der Waals surface area contributed by atoms with Crippen molar-refractivity contribution in [1.29, 1.82) is 0 Å². The van der Waals surface area contributed by atoms with Crippen LogP contribution in [0.3, 0.4) is 0 Å². The van der Waals surface area contributed by atoms with Gasteiger partial charge in [-0.2, -0.15) is 10.1 Å². The molecule has 3 aromatic rings. The van der Waals surface area contributed by atoms with Gasteiger partial charge < -0.3 is 16.4 Å². The topological polar surface area (TPSA) is 125 Å². The number of nitrogens with two attached hydrogens (primary N) is 1. The Labute approximate surface area is 211 Å². The van der Waals surface area contributed by atoms with Crippen molar-refractivity contribution >= 4 is 51.8 Å². The molecule has 1 saturated heterocycles. The Balaban J connectivity index is 1.47. The number of aromatic amines is 1. The van der Waals surface area contributed by atoms with E-state index < -0.39 is 0 Å². The Hall–Kier alpha value is -2.80. The lowest BCUT2D eigenvalue weighted by Gasteiger charge is -2.35. The second-order valence-electron chi connectivity index (χ2n) is 8.65. The molecular formula is C23H28FIN8O. The SMILES string of the molecule is Cc1cc(Nc2nc(Nc3cc(C)c(C4CCN([C@H](C)C(N)=O)CC4)cc3F)ncc2I)n[nH]1. The number of halogens is 2. The number of nitrogens with zero attached hydrogens (tertiary/aromatic N) is 4. The van der Waals surface area contributed by atoms with Crippen molar-refractivity contribution in [2.75, 3.05) is 23.7 Å². The Morgan fingerprint density at radius 1 is 1.26 bits per heavy atom. The van der Waals surface area contributed by atoms with Gasteiger partial charge in [0, 0.05) is 18.0 Å². The van der Waals surface area contributed by atoms with Crippen molar-refractivity contribution in [2.24, 2.45) is 5.73 Å². The molecule has 4 rings (SSSR count). The second kappa shape index (κ2) is 10.2. The van der Waals surface area contributed by atoms with Crippen LogP contribution in [0.1, 0.15) is 42.5 Å². The van der Waals surface area contributed by atoms with E-state index in [1.165, 1.54) is 0 Å². The predicted molar refractivity (Wildman–Crippen MR) is 138 cm³/mol. The summed E-state index contributed by atoms with van der Waals surface area (Å²) in [6, 6.07) is 4.99. The van der Waals surface area contributed by atoms with Crippen LogP contribution < -0.4 is 16.4 Å². The van der Waals surface area contributed by atoms with E-state index in [9.17, 15) is 4.79 Å². The summed E-state index contributed by atoms with van der Waals surface area (Å²) in [5, 5.41) is 13.2. The highest BCUT2D eigenvalue weighted by Gasteiger charge is 2.27. The van der Waals surface area contributed by atoms with Crippen molar-refractivity contribution in [3.8, 4) is 0 Å². The van der Waals surface area contributed by atoms with Gasteiger partial charge in [0.05, 0.1) is 15.3 Å². The molecule has 0 aliphatic carbocycles. The Morgan fingerprint density at radius 2 is 2.00 bits per heavy atom. The minimum absolute atomic E-state index is 0.238. The highest BCUT2D eigenvalue weighted by atomic mass is 127.